The first-order chi connectivity index (χ1) is 12.5. The van der Waals surface area contributed by atoms with Crippen molar-refractivity contribution in [2.24, 2.45) is 0 Å². The van der Waals surface area contributed by atoms with Crippen molar-refractivity contribution in [1.82, 2.24) is 5.32 Å². The molecule has 0 unspecified atom stereocenters. The van der Waals surface area contributed by atoms with E-state index in [4.69, 9.17) is 10.00 Å². The largest absolute Gasteiger partial charge is 0.442 e. The van der Waals surface area contributed by atoms with Crippen molar-refractivity contribution in [3.8, 4) is 6.07 Å². The predicted octanol–water partition coefficient (Wildman–Crippen LogP) is 2.29. The van der Waals surface area contributed by atoms with Gasteiger partial charge in [-0.1, -0.05) is 0 Å². The van der Waals surface area contributed by atoms with Crippen LogP contribution in [-0.2, 0) is 9.53 Å². The second-order valence-corrected chi connectivity index (χ2v) is 6.21. The number of anilines is 2. The van der Waals surface area contributed by atoms with E-state index in [1.54, 1.807) is 17.0 Å². The molecule has 3 rings (SSSR count). The van der Waals surface area contributed by atoms with E-state index in [0.29, 0.717) is 17.9 Å². The minimum atomic E-state index is -0.571. The van der Waals surface area contributed by atoms with Gasteiger partial charge >= 0.3 is 6.09 Å². The zero-order chi connectivity index (χ0) is 18.7. The second-order valence-electron chi connectivity index (χ2n) is 6.21. The van der Waals surface area contributed by atoms with Crippen LogP contribution in [0, 0.1) is 17.1 Å². The molecule has 1 N–H and O–H groups in total. The average Bonchev–Trinajstić information content (AvgIpc) is 3.20. The molecule has 2 aliphatic heterocycles. The van der Waals surface area contributed by atoms with Gasteiger partial charge in [0.05, 0.1) is 30.5 Å². The fraction of sp³-hybridized carbons (Fsp3) is 0.389. The maximum Gasteiger partial charge on any atom is 0.414 e. The van der Waals surface area contributed by atoms with E-state index < -0.39 is 18.0 Å². The van der Waals surface area contributed by atoms with Crippen LogP contribution in [0.2, 0.25) is 0 Å². The molecule has 0 bridgehead atoms. The van der Waals surface area contributed by atoms with E-state index in [1.165, 1.54) is 24.0 Å². The number of benzene rings is 1. The molecule has 2 aliphatic rings. The molecular formula is C18H19FN4O3. The zero-order valence-corrected chi connectivity index (χ0v) is 14.4. The third kappa shape index (κ3) is 3.61. The number of nitrogens with zero attached hydrogens (tertiary/aromatic N) is 3. The number of carbonyl (C=O) groups excluding carboxylic acids is 2. The molecule has 2 amide bonds. The molecule has 2 fully saturated rings. The molecule has 0 spiro atoms. The molecule has 0 aromatic heterocycles. The van der Waals surface area contributed by atoms with Gasteiger partial charge in [-0.25, -0.2) is 9.18 Å². The number of cyclic esters (lactones) is 1. The topological polar surface area (TPSA) is 85.7 Å². The Morgan fingerprint density at radius 2 is 2.31 bits per heavy atom. The molecular weight excluding hydrogens is 339 g/mol. The highest BCUT2D eigenvalue weighted by molar-refractivity contribution is 5.90. The summed E-state index contributed by atoms with van der Waals surface area (Å²) in [7, 11) is 0. The summed E-state index contributed by atoms with van der Waals surface area (Å²) in [6.45, 7) is 2.49. The number of nitrogens with one attached hydrogen (secondary N) is 1. The summed E-state index contributed by atoms with van der Waals surface area (Å²) < 4.78 is 19.9. The van der Waals surface area contributed by atoms with Crippen LogP contribution in [0.4, 0.5) is 20.6 Å². The zero-order valence-electron chi connectivity index (χ0n) is 14.4. The first kappa shape index (κ1) is 17.7. The van der Waals surface area contributed by atoms with Gasteiger partial charge in [-0.3, -0.25) is 9.69 Å². The fourth-order valence-corrected chi connectivity index (χ4v) is 3.18. The SMILES string of the molecule is CC(=O)NC[C@H]1CN(c2ccc(N3CCCC3=CC#N)c(F)c2)C(=O)O1. The first-order valence-electron chi connectivity index (χ1n) is 8.38. The van der Waals surface area contributed by atoms with Crippen molar-refractivity contribution < 1.29 is 18.7 Å². The third-order valence-corrected chi connectivity index (χ3v) is 4.38. The molecule has 8 heteroatoms. The molecule has 0 radical (unpaired) electrons. The lowest BCUT2D eigenvalue weighted by atomic mass is 10.2. The van der Waals surface area contributed by atoms with E-state index in [1.807, 2.05) is 6.07 Å². The van der Waals surface area contributed by atoms with Crippen LogP contribution in [0.1, 0.15) is 19.8 Å². The van der Waals surface area contributed by atoms with Crippen LogP contribution in [-0.4, -0.2) is 37.7 Å². The highest BCUT2D eigenvalue weighted by Gasteiger charge is 2.33. The van der Waals surface area contributed by atoms with Gasteiger partial charge in [0.25, 0.3) is 0 Å². The van der Waals surface area contributed by atoms with Gasteiger partial charge in [-0.2, -0.15) is 5.26 Å². The smallest absolute Gasteiger partial charge is 0.414 e. The molecule has 7 nitrogen and oxygen atoms in total. The minimum Gasteiger partial charge on any atom is -0.442 e. The van der Waals surface area contributed by atoms with Crippen LogP contribution in [0.5, 0.6) is 0 Å². The number of ether oxygens (including phenoxy) is 1. The molecule has 2 saturated heterocycles. The van der Waals surface area contributed by atoms with Crippen molar-refractivity contribution in [2.75, 3.05) is 29.4 Å². The number of nitriles is 1. The van der Waals surface area contributed by atoms with Crippen molar-refractivity contribution in [3.05, 3.63) is 35.8 Å². The fourth-order valence-electron chi connectivity index (χ4n) is 3.18. The summed E-state index contributed by atoms with van der Waals surface area (Å²) in [6.07, 6.45) is 1.98. The van der Waals surface area contributed by atoms with E-state index in [2.05, 4.69) is 5.32 Å². The molecule has 0 aliphatic carbocycles. The number of allylic oxidation sites excluding steroid dienone is 2. The summed E-state index contributed by atoms with van der Waals surface area (Å²) >= 11 is 0. The summed E-state index contributed by atoms with van der Waals surface area (Å²) in [5.74, 6) is -0.673. The Balaban J connectivity index is 1.76. The number of hydrogen-bond acceptors (Lipinski definition) is 5. The van der Waals surface area contributed by atoms with E-state index >= 15 is 0 Å². The van der Waals surface area contributed by atoms with Crippen LogP contribution >= 0.6 is 0 Å². The van der Waals surface area contributed by atoms with Crippen LogP contribution in [0.3, 0.4) is 0 Å². The number of halogens is 1. The maximum atomic E-state index is 14.7. The summed E-state index contributed by atoms with van der Waals surface area (Å²) in [5.41, 5.74) is 1.57. The summed E-state index contributed by atoms with van der Waals surface area (Å²) in [4.78, 5) is 26.1. The Kier molecular flexibility index (Phi) is 5.07. The third-order valence-electron chi connectivity index (χ3n) is 4.38. The Morgan fingerprint density at radius 3 is 3.00 bits per heavy atom. The molecule has 0 saturated carbocycles. The van der Waals surface area contributed by atoms with Gasteiger partial charge in [0.15, 0.2) is 0 Å². The number of carbonyl (C=O) groups is 2. The highest BCUT2D eigenvalue weighted by atomic mass is 19.1. The first-order valence-corrected chi connectivity index (χ1v) is 8.38. The number of rotatable bonds is 4. The highest BCUT2D eigenvalue weighted by Crippen LogP contribution is 2.33. The quantitative estimate of drug-likeness (QED) is 0.835. The van der Waals surface area contributed by atoms with Gasteiger partial charge in [0, 0.05) is 25.2 Å². The lowest BCUT2D eigenvalue weighted by molar-refractivity contribution is -0.119. The minimum absolute atomic E-state index is 0.207. The van der Waals surface area contributed by atoms with Crippen molar-refractivity contribution in [2.45, 2.75) is 25.9 Å². The van der Waals surface area contributed by atoms with Gasteiger partial charge < -0.3 is 15.0 Å². The summed E-state index contributed by atoms with van der Waals surface area (Å²) in [6, 6.07) is 6.54. The number of amides is 2. The molecule has 2 heterocycles. The molecule has 1 aromatic carbocycles. The Labute approximate surface area is 150 Å². The lowest BCUT2D eigenvalue weighted by Gasteiger charge is -2.22. The standard InChI is InChI=1S/C18H19FN4O3/c1-12(24)21-10-15-11-23(18(25)26-15)14-4-5-17(16(19)9-14)22-8-2-3-13(22)6-7-20/h4-6,9,15H,2-3,8,10-11H2,1H3,(H,21,24)/t15-/m0/s1. The molecule has 1 atom stereocenters. The molecule has 1 aromatic rings. The van der Waals surface area contributed by atoms with Crippen LogP contribution < -0.4 is 15.1 Å². The lowest BCUT2D eigenvalue weighted by Crippen LogP contribution is -2.33. The molecule has 26 heavy (non-hydrogen) atoms. The van der Waals surface area contributed by atoms with Crippen molar-refractivity contribution in [3.63, 3.8) is 0 Å². The maximum absolute atomic E-state index is 14.7. The Bertz CT molecular complexity index is 802. The predicted molar refractivity (Wildman–Crippen MR) is 93.0 cm³/mol. The molecule has 136 valence electrons. The van der Waals surface area contributed by atoms with Crippen LogP contribution in [0.15, 0.2) is 30.0 Å². The van der Waals surface area contributed by atoms with Crippen molar-refractivity contribution >= 4 is 23.4 Å². The Hall–Kier alpha value is -3.08. The summed E-state index contributed by atoms with van der Waals surface area (Å²) in [5, 5.41) is 11.4. The van der Waals surface area contributed by atoms with E-state index in [-0.39, 0.29) is 19.0 Å². The van der Waals surface area contributed by atoms with Gasteiger partial charge in [0.2, 0.25) is 5.91 Å². The Morgan fingerprint density at radius 1 is 1.50 bits per heavy atom. The van der Waals surface area contributed by atoms with Crippen LogP contribution in [0.25, 0.3) is 0 Å². The average molecular weight is 358 g/mol. The number of hydrogen-bond donors (Lipinski definition) is 1. The van der Waals surface area contributed by atoms with Gasteiger partial charge in [0.1, 0.15) is 11.9 Å². The van der Waals surface area contributed by atoms with Gasteiger partial charge in [-0.15, -0.1) is 0 Å². The second kappa shape index (κ2) is 7.44. The van der Waals surface area contributed by atoms with Crippen molar-refractivity contribution in [1.29, 1.82) is 5.26 Å². The monoisotopic (exact) mass is 358 g/mol. The normalized spacial score (nSPS) is 21.0. The van der Waals surface area contributed by atoms with E-state index in [0.717, 1.165) is 18.5 Å². The van der Waals surface area contributed by atoms with E-state index in [9.17, 15) is 14.0 Å². The van der Waals surface area contributed by atoms with Gasteiger partial charge in [-0.05, 0) is 31.0 Å².